The number of anilines is 1. The number of amides is 1. The number of carbonyl (C=O) groups is 1. The molecular weight excluding hydrogens is 336 g/mol. The van der Waals surface area contributed by atoms with Crippen molar-refractivity contribution in [1.29, 1.82) is 0 Å². The van der Waals surface area contributed by atoms with Crippen molar-refractivity contribution in [2.24, 2.45) is 0 Å². The highest BCUT2D eigenvalue weighted by Gasteiger charge is 2.27. The van der Waals surface area contributed by atoms with Crippen LogP contribution in [0, 0.1) is 0 Å². The maximum atomic E-state index is 12.5. The molecule has 1 aromatic rings. The Morgan fingerprint density at radius 2 is 1.64 bits per heavy atom. The number of carbonyl (C=O) groups excluding carboxylic acids is 1. The highest BCUT2D eigenvalue weighted by molar-refractivity contribution is 7.92. The van der Waals surface area contributed by atoms with Gasteiger partial charge in [-0.3, -0.25) is 9.10 Å². The molecule has 1 aromatic carbocycles. The van der Waals surface area contributed by atoms with Crippen LogP contribution in [0.3, 0.4) is 0 Å². The second kappa shape index (κ2) is 9.22. The Kier molecular flexibility index (Phi) is 7.93. The monoisotopic (exact) mass is 368 g/mol. The van der Waals surface area contributed by atoms with Crippen molar-refractivity contribution in [3.05, 3.63) is 29.3 Å². The first-order valence-corrected chi connectivity index (χ1v) is 10.8. The molecule has 0 spiro atoms. The average molecular weight is 369 g/mol. The zero-order valence-electron chi connectivity index (χ0n) is 16.3. The molecule has 0 aliphatic carbocycles. The molecule has 0 saturated carbocycles. The van der Waals surface area contributed by atoms with E-state index in [4.69, 9.17) is 0 Å². The summed E-state index contributed by atoms with van der Waals surface area (Å²) in [7, 11) is -3.58. The van der Waals surface area contributed by atoms with E-state index in [0.717, 1.165) is 30.2 Å². The maximum Gasteiger partial charge on any atom is 0.240 e. The van der Waals surface area contributed by atoms with E-state index in [1.165, 1.54) is 4.31 Å². The van der Waals surface area contributed by atoms with Crippen LogP contribution in [0.25, 0.3) is 0 Å². The quantitative estimate of drug-likeness (QED) is 0.677. The first-order valence-electron chi connectivity index (χ1n) is 8.96. The van der Waals surface area contributed by atoms with Gasteiger partial charge in [-0.15, -0.1) is 0 Å². The molecule has 0 heterocycles. The number of unbranched alkanes of at least 4 members (excludes halogenated alkanes) is 1. The Hall–Kier alpha value is -1.56. The summed E-state index contributed by atoms with van der Waals surface area (Å²) in [4.78, 5) is 12.3. The summed E-state index contributed by atoms with van der Waals surface area (Å²) in [6.45, 7) is 10.6. The first-order chi connectivity index (χ1) is 11.6. The van der Waals surface area contributed by atoms with Gasteiger partial charge in [0, 0.05) is 6.54 Å². The van der Waals surface area contributed by atoms with Gasteiger partial charge >= 0.3 is 0 Å². The number of nitrogens with one attached hydrogen (secondary N) is 1. The van der Waals surface area contributed by atoms with Crippen molar-refractivity contribution in [3.63, 3.8) is 0 Å². The summed E-state index contributed by atoms with van der Waals surface area (Å²) in [6.07, 6.45) is 3.02. The van der Waals surface area contributed by atoms with E-state index in [0.29, 0.717) is 12.2 Å². The molecule has 0 aliphatic rings. The van der Waals surface area contributed by atoms with E-state index in [1.54, 1.807) is 0 Å². The number of nitrogens with zero attached hydrogens (tertiary/aromatic N) is 1. The zero-order chi connectivity index (χ0) is 19.2. The predicted octanol–water partition coefficient (Wildman–Crippen LogP) is 3.62. The number of benzene rings is 1. The third-order valence-corrected chi connectivity index (χ3v) is 5.24. The number of rotatable bonds is 9. The summed E-state index contributed by atoms with van der Waals surface area (Å²) in [6, 6.07) is 5.84. The number of para-hydroxylation sites is 1. The molecule has 0 bridgehead atoms. The molecule has 0 radical (unpaired) electrons. The molecular formula is C19H32N2O3S. The topological polar surface area (TPSA) is 66.5 Å². The van der Waals surface area contributed by atoms with E-state index in [2.05, 4.69) is 5.32 Å². The van der Waals surface area contributed by atoms with Gasteiger partial charge < -0.3 is 5.32 Å². The van der Waals surface area contributed by atoms with E-state index in [9.17, 15) is 13.2 Å². The number of sulfonamides is 1. The summed E-state index contributed by atoms with van der Waals surface area (Å²) in [5.41, 5.74) is 2.54. The van der Waals surface area contributed by atoms with E-state index < -0.39 is 10.0 Å². The molecule has 6 heteroatoms. The van der Waals surface area contributed by atoms with Crippen LogP contribution in [0.5, 0.6) is 0 Å². The Balaban J connectivity index is 3.35. The summed E-state index contributed by atoms with van der Waals surface area (Å²) in [5, 5.41) is 2.81. The molecule has 0 aliphatic heterocycles. The maximum absolute atomic E-state index is 12.5. The lowest BCUT2D eigenvalue weighted by Crippen LogP contribution is -2.41. The fourth-order valence-corrected chi connectivity index (χ4v) is 3.65. The van der Waals surface area contributed by atoms with Gasteiger partial charge in [-0.1, -0.05) is 59.2 Å². The van der Waals surface area contributed by atoms with Gasteiger partial charge in [0.05, 0.1) is 11.9 Å². The molecule has 0 saturated heterocycles. The second-order valence-corrected chi connectivity index (χ2v) is 8.97. The minimum absolute atomic E-state index is 0.154. The Bertz CT molecular complexity index is 656. The average Bonchev–Trinajstić information content (AvgIpc) is 2.51. The van der Waals surface area contributed by atoms with E-state index in [-0.39, 0.29) is 24.3 Å². The van der Waals surface area contributed by atoms with Crippen molar-refractivity contribution < 1.29 is 13.2 Å². The Morgan fingerprint density at radius 3 is 2.04 bits per heavy atom. The van der Waals surface area contributed by atoms with Crippen molar-refractivity contribution >= 4 is 21.6 Å². The molecule has 5 nitrogen and oxygen atoms in total. The zero-order valence-corrected chi connectivity index (χ0v) is 17.1. The molecule has 0 atom stereocenters. The smallest absolute Gasteiger partial charge is 0.240 e. The predicted molar refractivity (Wildman–Crippen MR) is 105 cm³/mol. The lowest BCUT2D eigenvalue weighted by atomic mass is 9.92. The largest absolute Gasteiger partial charge is 0.355 e. The minimum Gasteiger partial charge on any atom is -0.355 e. The van der Waals surface area contributed by atoms with Gasteiger partial charge in [-0.05, 0) is 29.4 Å². The van der Waals surface area contributed by atoms with Gasteiger partial charge in [0.1, 0.15) is 6.54 Å². The van der Waals surface area contributed by atoms with Gasteiger partial charge in [0.2, 0.25) is 15.9 Å². The summed E-state index contributed by atoms with van der Waals surface area (Å²) in [5.74, 6) is 0.0364. The highest BCUT2D eigenvalue weighted by atomic mass is 32.2. The molecule has 25 heavy (non-hydrogen) atoms. The minimum atomic E-state index is -3.58. The molecule has 1 amide bonds. The van der Waals surface area contributed by atoms with Crippen LogP contribution in [-0.2, 0) is 14.8 Å². The van der Waals surface area contributed by atoms with Crippen LogP contribution in [0.1, 0.15) is 70.4 Å². The Labute approximate surface area is 152 Å². The van der Waals surface area contributed by atoms with Crippen LogP contribution in [0.4, 0.5) is 5.69 Å². The van der Waals surface area contributed by atoms with E-state index >= 15 is 0 Å². The SMILES string of the molecule is CCCCNC(=O)CN(c1c(C(C)C)cccc1C(C)C)S(C)(=O)=O. The van der Waals surface area contributed by atoms with Gasteiger partial charge in [-0.2, -0.15) is 0 Å². The van der Waals surface area contributed by atoms with E-state index in [1.807, 2.05) is 52.8 Å². The molecule has 1 N–H and O–H groups in total. The van der Waals surface area contributed by atoms with Crippen LogP contribution >= 0.6 is 0 Å². The number of hydrogen-bond acceptors (Lipinski definition) is 3. The van der Waals surface area contributed by atoms with Crippen LogP contribution in [0.2, 0.25) is 0 Å². The summed E-state index contributed by atoms with van der Waals surface area (Å²) < 4.78 is 26.2. The van der Waals surface area contributed by atoms with Crippen molar-refractivity contribution in [2.75, 3.05) is 23.7 Å². The van der Waals surface area contributed by atoms with Crippen LogP contribution in [-0.4, -0.2) is 33.7 Å². The first kappa shape index (κ1) is 21.5. The fourth-order valence-electron chi connectivity index (χ4n) is 2.75. The van der Waals surface area contributed by atoms with Crippen LogP contribution in [0.15, 0.2) is 18.2 Å². The van der Waals surface area contributed by atoms with Gasteiger partial charge in [0.25, 0.3) is 0 Å². The van der Waals surface area contributed by atoms with Gasteiger partial charge in [0.15, 0.2) is 0 Å². The molecule has 142 valence electrons. The van der Waals surface area contributed by atoms with Crippen molar-refractivity contribution in [2.45, 2.75) is 59.3 Å². The molecule has 0 aromatic heterocycles. The molecule has 0 fully saturated rings. The lowest BCUT2D eigenvalue weighted by molar-refractivity contribution is -0.119. The number of hydrogen-bond donors (Lipinski definition) is 1. The third kappa shape index (κ3) is 6.03. The Morgan fingerprint density at radius 1 is 1.12 bits per heavy atom. The second-order valence-electron chi connectivity index (χ2n) is 7.07. The standard InChI is InChI=1S/C19H32N2O3S/c1-7-8-12-20-18(22)13-21(25(6,23)24)19-16(14(2)3)10-9-11-17(19)15(4)5/h9-11,14-15H,7-8,12-13H2,1-6H3,(H,20,22). The third-order valence-electron chi connectivity index (χ3n) is 4.13. The molecule has 0 unspecified atom stereocenters. The fraction of sp³-hybridized carbons (Fsp3) is 0.632. The van der Waals surface area contributed by atoms with Crippen LogP contribution < -0.4 is 9.62 Å². The van der Waals surface area contributed by atoms with Crippen molar-refractivity contribution in [1.82, 2.24) is 5.32 Å². The highest BCUT2D eigenvalue weighted by Crippen LogP contribution is 2.36. The van der Waals surface area contributed by atoms with Gasteiger partial charge in [-0.25, -0.2) is 8.42 Å². The summed E-state index contributed by atoms with van der Waals surface area (Å²) >= 11 is 0. The van der Waals surface area contributed by atoms with Crippen molar-refractivity contribution in [3.8, 4) is 0 Å². The lowest BCUT2D eigenvalue weighted by Gasteiger charge is -2.29. The molecule has 1 rings (SSSR count). The normalized spacial score (nSPS) is 11.8.